The molecule has 0 aliphatic carbocycles. The molecule has 1 aromatic rings. The standard InChI is InChI=1S/C21H30N4O3S/c22-14-17(15-23)16-24-10-6-18(7-11-24)21(26)25-12-8-20(9-13-25)29(27,28)19-4-2-1-3-5-19/h1-5,14-15,18,20,22H,6-13,16,23H2/b17-15+,22-14?. The van der Waals surface area contributed by atoms with Crippen molar-refractivity contribution < 1.29 is 13.2 Å². The summed E-state index contributed by atoms with van der Waals surface area (Å²) in [5.74, 6) is 0.153. The van der Waals surface area contributed by atoms with E-state index in [0.29, 0.717) is 37.4 Å². The van der Waals surface area contributed by atoms with Crippen LogP contribution in [0.15, 0.2) is 47.0 Å². The Hall–Kier alpha value is -2.19. The van der Waals surface area contributed by atoms with Crippen LogP contribution in [0.25, 0.3) is 0 Å². The molecule has 2 aliphatic heterocycles. The number of hydrogen-bond acceptors (Lipinski definition) is 6. The third-order valence-electron chi connectivity index (χ3n) is 6.01. The van der Waals surface area contributed by atoms with Crippen molar-refractivity contribution in [3.8, 4) is 0 Å². The number of amides is 1. The lowest BCUT2D eigenvalue weighted by molar-refractivity contribution is -0.137. The first kappa shape index (κ1) is 21.5. The largest absolute Gasteiger partial charge is 0.404 e. The Balaban J connectivity index is 1.50. The van der Waals surface area contributed by atoms with E-state index in [0.717, 1.165) is 31.5 Å². The highest BCUT2D eigenvalue weighted by Crippen LogP contribution is 2.27. The van der Waals surface area contributed by atoms with Crippen molar-refractivity contribution in [3.05, 3.63) is 42.1 Å². The van der Waals surface area contributed by atoms with Crippen molar-refractivity contribution in [2.45, 2.75) is 35.8 Å². The second-order valence-electron chi connectivity index (χ2n) is 7.82. The van der Waals surface area contributed by atoms with E-state index in [1.54, 1.807) is 24.3 Å². The molecule has 158 valence electrons. The SMILES string of the molecule is N=C/C(=C\N)CN1CCC(C(=O)N2CCC(S(=O)(=O)c3ccccc3)CC2)CC1. The van der Waals surface area contributed by atoms with Gasteiger partial charge in [0.05, 0.1) is 10.1 Å². The van der Waals surface area contributed by atoms with E-state index in [-0.39, 0.29) is 11.8 Å². The highest BCUT2D eigenvalue weighted by molar-refractivity contribution is 7.92. The van der Waals surface area contributed by atoms with Gasteiger partial charge in [-0.15, -0.1) is 0 Å². The minimum atomic E-state index is -3.34. The average Bonchev–Trinajstić information content (AvgIpc) is 2.78. The van der Waals surface area contributed by atoms with Gasteiger partial charge in [-0.05, 0) is 62.7 Å². The quantitative estimate of drug-likeness (QED) is 0.683. The summed E-state index contributed by atoms with van der Waals surface area (Å²) in [5.41, 5.74) is 6.28. The molecule has 0 atom stereocenters. The number of sulfone groups is 1. The zero-order chi connectivity index (χ0) is 20.9. The fourth-order valence-corrected chi connectivity index (χ4v) is 5.94. The van der Waals surface area contributed by atoms with Gasteiger partial charge >= 0.3 is 0 Å². The van der Waals surface area contributed by atoms with E-state index in [9.17, 15) is 13.2 Å². The lowest BCUT2D eigenvalue weighted by Crippen LogP contribution is -2.47. The first-order chi connectivity index (χ1) is 14.0. The van der Waals surface area contributed by atoms with Gasteiger partial charge < -0.3 is 16.0 Å². The van der Waals surface area contributed by atoms with Crippen LogP contribution in [-0.2, 0) is 14.6 Å². The predicted octanol–water partition coefficient (Wildman–Crippen LogP) is 1.66. The average molecular weight is 419 g/mol. The van der Waals surface area contributed by atoms with E-state index in [1.165, 1.54) is 12.4 Å². The zero-order valence-corrected chi connectivity index (χ0v) is 17.5. The molecule has 3 rings (SSSR count). The maximum atomic E-state index is 12.9. The van der Waals surface area contributed by atoms with Crippen molar-refractivity contribution in [2.75, 3.05) is 32.7 Å². The summed E-state index contributed by atoms with van der Waals surface area (Å²) in [4.78, 5) is 17.3. The third-order valence-corrected chi connectivity index (χ3v) is 8.28. The summed E-state index contributed by atoms with van der Waals surface area (Å²) in [5, 5.41) is 6.91. The minimum Gasteiger partial charge on any atom is -0.404 e. The highest BCUT2D eigenvalue weighted by Gasteiger charge is 2.35. The molecule has 2 fully saturated rings. The molecule has 2 saturated heterocycles. The second-order valence-corrected chi connectivity index (χ2v) is 10.0. The van der Waals surface area contributed by atoms with Crippen LogP contribution in [0.1, 0.15) is 25.7 Å². The molecular weight excluding hydrogens is 388 g/mol. The maximum absolute atomic E-state index is 12.9. The normalized spacial score (nSPS) is 20.6. The molecular formula is C21H30N4O3S. The van der Waals surface area contributed by atoms with Gasteiger partial charge in [0.15, 0.2) is 9.84 Å². The van der Waals surface area contributed by atoms with Crippen LogP contribution in [0.4, 0.5) is 0 Å². The van der Waals surface area contributed by atoms with Gasteiger partial charge in [-0.3, -0.25) is 9.69 Å². The number of hydrogen-bond donors (Lipinski definition) is 2. The molecule has 8 heteroatoms. The Kier molecular flexibility index (Phi) is 7.08. The van der Waals surface area contributed by atoms with Gasteiger partial charge in [-0.1, -0.05) is 18.2 Å². The summed E-state index contributed by atoms with van der Waals surface area (Å²) in [6.07, 6.45) is 5.29. The Morgan fingerprint density at radius 2 is 1.69 bits per heavy atom. The molecule has 2 heterocycles. The lowest BCUT2D eigenvalue weighted by atomic mass is 9.94. The molecule has 1 aromatic carbocycles. The van der Waals surface area contributed by atoms with Gasteiger partial charge in [0.25, 0.3) is 0 Å². The number of carbonyl (C=O) groups is 1. The van der Waals surface area contributed by atoms with Crippen LogP contribution < -0.4 is 5.73 Å². The smallest absolute Gasteiger partial charge is 0.225 e. The number of carbonyl (C=O) groups excluding carboxylic acids is 1. The molecule has 0 aromatic heterocycles. The van der Waals surface area contributed by atoms with Crippen molar-refractivity contribution in [3.63, 3.8) is 0 Å². The number of rotatable bonds is 6. The highest BCUT2D eigenvalue weighted by atomic mass is 32.2. The van der Waals surface area contributed by atoms with Crippen LogP contribution in [0.2, 0.25) is 0 Å². The fraction of sp³-hybridized carbons (Fsp3) is 0.524. The van der Waals surface area contributed by atoms with Crippen molar-refractivity contribution >= 4 is 22.0 Å². The van der Waals surface area contributed by atoms with Gasteiger partial charge in [-0.2, -0.15) is 0 Å². The van der Waals surface area contributed by atoms with Crippen LogP contribution >= 0.6 is 0 Å². The van der Waals surface area contributed by atoms with Gasteiger partial charge in [0, 0.05) is 31.8 Å². The number of nitrogens with one attached hydrogen (secondary N) is 1. The number of nitrogens with two attached hydrogens (primary N) is 1. The van der Waals surface area contributed by atoms with Crippen molar-refractivity contribution in [2.24, 2.45) is 11.7 Å². The van der Waals surface area contributed by atoms with E-state index >= 15 is 0 Å². The molecule has 0 saturated carbocycles. The summed E-state index contributed by atoms with van der Waals surface area (Å²) in [6.45, 7) is 3.26. The third kappa shape index (κ3) is 5.05. The molecule has 2 aliphatic rings. The van der Waals surface area contributed by atoms with Gasteiger partial charge in [-0.25, -0.2) is 8.42 Å². The van der Waals surface area contributed by atoms with Crippen molar-refractivity contribution in [1.29, 1.82) is 5.41 Å². The maximum Gasteiger partial charge on any atom is 0.225 e. The summed E-state index contributed by atoms with van der Waals surface area (Å²) >= 11 is 0. The minimum absolute atomic E-state index is 0.00109. The number of piperidine rings is 2. The lowest BCUT2D eigenvalue weighted by Gasteiger charge is -2.37. The number of benzene rings is 1. The Bertz CT molecular complexity index is 838. The van der Waals surface area contributed by atoms with Crippen LogP contribution in [0.5, 0.6) is 0 Å². The van der Waals surface area contributed by atoms with Crippen molar-refractivity contribution in [1.82, 2.24) is 9.80 Å². The molecule has 1 amide bonds. The first-order valence-electron chi connectivity index (χ1n) is 10.2. The predicted molar refractivity (Wildman–Crippen MR) is 113 cm³/mol. The second kappa shape index (κ2) is 9.54. The van der Waals surface area contributed by atoms with E-state index < -0.39 is 15.1 Å². The van der Waals surface area contributed by atoms with E-state index in [2.05, 4.69) is 4.90 Å². The molecule has 29 heavy (non-hydrogen) atoms. The molecule has 0 bridgehead atoms. The topological polar surface area (TPSA) is 108 Å². The Morgan fingerprint density at radius 3 is 2.24 bits per heavy atom. The van der Waals surface area contributed by atoms with Gasteiger partial charge in [0.1, 0.15) is 0 Å². The summed E-state index contributed by atoms with van der Waals surface area (Å²) < 4.78 is 25.6. The molecule has 0 radical (unpaired) electrons. The molecule has 7 nitrogen and oxygen atoms in total. The Labute approximate surface area is 173 Å². The zero-order valence-electron chi connectivity index (χ0n) is 16.7. The molecule has 3 N–H and O–H groups in total. The van der Waals surface area contributed by atoms with Crippen LogP contribution in [0.3, 0.4) is 0 Å². The number of likely N-dealkylation sites (tertiary alicyclic amines) is 2. The fourth-order valence-electron chi connectivity index (χ4n) is 4.19. The summed E-state index contributed by atoms with van der Waals surface area (Å²) in [7, 11) is -3.34. The molecule has 0 unspecified atom stereocenters. The monoisotopic (exact) mass is 418 g/mol. The van der Waals surface area contributed by atoms with Gasteiger partial charge in [0.2, 0.25) is 5.91 Å². The van der Waals surface area contributed by atoms with E-state index in [4.69, 9.17) is 11.1 Å². The first-order valence-corrected chi connectivity index (χ1v) is 11.7. The van der Waals surface area contributed by atoms with E-state index in [1.807, 2.05) is 11.0 Å². The summed E-state index contributed by atoms with van der Waals surface area (Å²) in [6, 6.07) is 8.58. The van der Waals surface area contributed by atoms with Crippen LogP contribution in [0, 0.1) is 11.3 Å². The Morgan fingerprint density at radius 1 is 1.07 bits per heavy atom. The van der Waals surface area contributed by atoms with Crippen LogP contribution in [-0.4, -0.2) is 68.3 Å². The molecule has 0 spiro atoms. The number of nitrogens with zero attached hydrogens (tertiary/aromatic N) is 2.